The van der Waals surface area contributed by atoms with Crippen molar-refractivity contribution in [3.63, 3.8) is 0 Å². The minimum atomic E-state index is 0.0695. The van der Waals surface area contributed by atoms with E-state index in [1.807, 2.05) is 64.9 Å². The van der Waals surface area contributed by atoms with E-state index in [0.717, 1.165) is 33.5 Å². The molecule has 1 aliphatic heterocycles. The largest absolute Gasteiger partial charge is 0.497 e. The number of H-pyrrole nitrogens is 1. The highest BCUT2D eigenvalue weighted by atomic mass is 16.5. The Morgan fingerprint density at radius 2 is 1.59 bits per heavy atom. The van der Waals surface area contributed by atoms with E-state index in [-0.39, 0.29) is 11.9 Å². The summed E-state index contributed by atoms with van der Waals surface area (Å²) in [7, 11) is 1.66. The van der Waals surface area contributed by atoms with Crippen molar-refractivity contribution in [3.05, 3.63) is 54.1 Å². The molecule has 34 heavy (non-hydrogen) atoms. The maximum absolute atomic E-state index is 13.1. The Morgan fingerprint density at radius 1 is 0.941 bits per heavy atom. The van der Waals surface area contributed by atoms with E-state index in [1.54, 1.807) is 7.11 Å². The number of aromatic amines is 1. The predicted molar refractivity (Wildman–Crippen MR) is 135 cm³/mol. The Hall–Kier alpha value is -3.48. The number of fused-ring (bicyclic) bond motifs is 1. The number of para-hydroxylation sites is 1. The van der Waals surface area contributed by atoms with Crippen molar-refractivity contribution in [2.45, 2.75) is 26.7 Å². The van der Waals surface area contributed by atoms with Crippen molar-refractivity contribution < 1.29 is 14.3 Å². The van der Waals surface area contributed by atoms with E-state index in [1.165, 1.54) is 0 Å². The van der Waals surface area contributed by atoms with Crippen LogP contribution in [-0.4, -0.2) is 78.0 Å². The summed E-state index contributed by atoms with van der Waals surface area (Å²) < 4.78 is 5.30. The number of aryl methyl sites for hydroxylation is 1. The van der Waals surface area contributed by atoms with Gasteiger partial charge in [-0.05, 0) is 61.7 Å². The normalized spacial score (nSPS) is 13.9. The van der Waals surface area contributed by atoms with Crippen molar-refractivity contribution in [2.75, 3.05) is 46.4 Å². The molecule has 7 nitrogen and oxygen atoms in total. The fourth-order valence-electron chi connectivity index (χ4n) is 4.70. The highest BCUT2D eigenvalue weighted by molar-refractivity contribution is 5.91. The van der Waals surface area contributed by atoms with Gasteiger partial charge in [-0.25, -0.2) is 4.79 Å². The smallest absolute Gasteiger partial charge is 0.320 e. The fourth-order valence-corrected chi connectivity index (χ4v) is 4.70. The standard InChI is InChI=1S/C27H34N4O3/c1-4-29(5-2)27(33)31-18-16-30(17-19-31)25(32)15-14-23-22-8-6-7-9-24(22)28-26(23)20-10-12-21(34-3)13-11-20/h6-13,28H,4-5,14-19H2,1-3H3. The van der Waals surface area contributed by atoms with Gasteiger partial charge in [0.05, 0.1) is 7.11 Å². The lowest BCUT2D eigenvalue weighted by atomic mass is 10.0. The number of hydrogen-bond acceptors (Lipinski definition) is 3. The summed E-state index contributed by atoms with van der Waals surface area (Å²) >= 11 is 0. The van der Waals surface area contributed by atoms with Gasteiger partial charge in [-0.3, -0.25) is 4.79 Å². The number of piperazine rings is 1. The molecule has 0 radical (unpaired) electrons. The summed E-state index contributed by atoms with van der Waals surface area (Å²) in [6.45, 7) is 7.75. The molecule has 1 N–H and O–H groups in total. The maximum Gasteiger partial charge on any atom is 0.320 e. The van der Waals surface area contributed by atoms with E-state index >= 15 is 0 Å². The summed E-state index contributed by atoms with van der Waals surface area (Å²) in [6, 6.07) is 16.3. The zero-order valence-corrected chi connectivity index (χ0v) is 20.3. The molecule has 1 fully saturated rings. The van der Waals surface area contributed by atoms with Crippen LogP contribution < -0.4 is 4.74 Å². The predicted octanol–water partition coefficient (Wildman–Crippen LogP) is 4.38. The van der Waals surface area contributed by atoms with Gasteiger partial charge in [0.2, 0.25) is 5.91 Å². The molecule has 0 spiro atoms. The van der Waals surface area contributed by atoms with Crippen molar-refractivity contribution in [2.24, 2.45) is 0 Å². The minimum absolute atomic E-state index is 0.0695. The van der Waals surface area contributed by atoms with Gasteiger partial charge in [0.1, 0.15) is 5.75 Å². The molecule has 0 unspecified atom stereocenters. The molecular weight excluding hydrogens is 428 g/mol. The number of nitrogens with zero attached hydrogens (tertiary/aromatic N) is 3. The zero-order valence-electron chi connectivity index (χ0n) is 20.3. The van der Waals surface area contributed by atoms with Crippen molar-refractivity contribution in [3.8, 4) is 17.0 Å². The van der Waals surface area contributed by atoms with Gasteiger partial charge in [0.15, 0.2) is 0 Å². The highest BCUT2D eigenvalue weighted by Gasteiger charge is 2.26. The molecule has 2 aromatic carbocycles. The average molecular weight is 463 g/mol. The van der Waals surface area contributed by atoms with Crippen LogP contribution in [0.5, 0.6) is 5.75 Å². The lowest BCUT2D eigenvalue weighted by molar-refractivity contribution is -0.132. The van der Waals surface area contributed by atoms with E-state index in [0.29, 0.717) is 52.1 Å². The molecule has 1 saturated heterocycles. The Morgan fingerprint density at radius 3 is 2.24 bits per heavy atom. The van der Waals surface area contributed by atoms with Crippen LogP contribution in [0.2, 0.25) is 0 Å². The van der Waals surface area contributed by atoms with Crippen LogP contribution in [0.25, 0.3) is 22.2 Å². The number of rotatable bonds is 7. The van der Waals surface area contributed by atoms with Gasteiger partial charge in [-0.1, -0.05) is 18.2 Å². The number of methoxy groups -OCH3 is 1. The monoisotopic (exact) mass is 462 g/mol. The molecule has 0 aliphatic carbocycles. The quantitative estimate of drug-likeness (QED) is 0.567. The average Bonchev–Trinajstić information content (AvgIpc) is 3.26. The second kappa shape index (κ2) is 10.6. The van der Waals surface area contributed by atoms with Gasteiger partial charge in [0, 0.05) is 62.3 Å². The number of hydrogen-bond donors (Lipinski definition) is 1. The molecule has 4 rings (SSSR count). The van der Waals surface area contributed by atoms with Crippen molar-refractivity contribution >= 4 is 22.8 Å². The number of ether oxygens (including phenoxy) is 1. The summed E-state index contributed by atoms with van der Waals surface area (Å²) in [5.41, 5.74) is 4.35. The van der Waals surface area contributed by atoms with Crippen LogP contribution in [0.3, 0.4) is 0 Å². The van der Waals surface area contributed by atoms with Gasteiger partial charge in [-0.15, -0.1) is 0 Å². The molecule has 0 bridgehead atoms. The Kier molecular flexibility index (Phi) is 7.40. The molecule has 0 atom stereocenters. The zero-order chi connectivity index (χ0) is 24.1. The van der Waals surface area contributed by atoms with Crippen molar-refractivity contribution in [1.29, 1.82) is 0 Å². The number of nitrogens with one attached hydrogen (secondary N) is 1. The van der Waals surface area contributed by atoms with Gasteiger partial charge >= 0.3 is 6.03 Å². The van der Waals surface area contributed by atoms with Crippen LogP contribution in [0.1, 0.15) is 25.8 Å². The third-order valence-electron chi connectivity index (χ3n) is 6.72. The maximum atomic E-state index is 13.1. The molecule has 1 aromatic heterocycles. The van der Waals surface area contributed by atoms with E-state index < -0.39 is 0 Å². The molecule has 3 aromatic rings. The summed E-state index contributed by atoms with van der Waals surface area (Å²) in [5.74, 6) is 0.955. The molecule has 2 heterocycles. The number of aromatic nitrogens is 1. The number of carbonyl (C=O) groups is 2. The first-order valence-corrected chi connectivity index (χ1v) is 12.1. The van der Waals surface area contributed by atoms with Gasteiger partial charge in [0.25, 0.3) is 0 Å². The van der Waals surface area contributed by atoms with Crippen LogP contribution in [0.15, 0.2) is 48.5 Å². The number of amides is 3. The third kappa shape index (κ3) is 4.88. The summed E-state index contributed by atoms with van der Waals surface area (Å²) in [6.07, 6.45) is 1.10. The Balaban J connectivity index is 1.44. The summed E-state index contributed by atoms with van der Waals surface area (Å²) in [4.78, 5) is 34.8. The third-order valence-corrected chi connectivity index (χ3v) is 6.72. The molecular formula is C27H34N4O3. The number of urea groups is 1. The SMILES string of the molecule is CCN(CC)C(=O)N1CCN(C(=O)CCc2c(-c3ccc(OC)cc3)[nH]c3ccccc23)CC1. The second-order valence-corrected chi connectivity index (χ2v) is 8.58. The Labute approximate surface area is 201 Å². The lowest BCUT2D eigenvalue weighted by Gasteiger charge is -2.37. The first-order chi connectivity index (χ1) is 16.5. The van der Waals surface area contributed by atoms with Crippen molar-refractivity contribution in [1.82, 2.24) is 19.7 Å². The van der Waals surface area contributed by atoms with E-state index in [9.17, 15) is 9.59 Å². The topological polar surface area (TPSA) is 68.9 Å². The minimum Gasteiger partial charge on any atom is -0.497 e. The summed E-state index contributed by atoms with van der Waals surface area (Å²) in [5, 5.41) is 1.15. The lowest BCUT2D eigenvalue weighted by Crippen LogP contribution is -2.54. The molecule has 0 saturated carbocycles. The molecule has 7 heteroatoms. The van der Waals surface area contributed by atoms with Gasteiger partial charge < -0.3 is 24.4 Å². The number of carbonyl (C=O) groups excluding carboxylic acids is 2. The van der Waals surface area contributed by atoms with Crippen LogP contribution in [-0.2, 0) is 11.2 Å². The van der Waals surface area contributed by atoms with Crippen LogP contribution in [0.4, 0.5) is 4.79 Å². The Bertz CT molecular complexity index is 1130. The van der Waals surface area contributed by atoms with Crippen LogP contribution in [0, 0.1) is 0 Å². The molecule has 3 amide bonds. The number of benzene rings is 2. The highest BCUT2D eigenvalue weighted by Crippen LogP contribution is 2.32. The van der Waals surface area contributed by atoms with E-state index in [4.69, 9.17) is 4.74 Å². The first-order valence-electron chi connectivity index (χ1n) is 12.1. The molecule has 180 valence electrons. The van der Waals surface area contributed by atoms with E-state index in [2.05, 4.69) is 17.1 Å². The fraction of sp³-hybridized carbons (Fsp3) is 0.407. The van der Waals surface area contributed by atoms with Crippen LogP contribution >= 0.6 is 0 Å². The first kappa shape index (κ1) is 23.7. The molecule has 1 aliphatic rings. The van der Waals surface area contributed by atoms with Gasteiger partial charge in [-0.2, -0.15) is 0 Å². The second-order valence-electron chi connectivity index (χ2n) is 8.58.